The second-order valence-electron chi connectivity index (χ2n) is 7.40. The van der Waals surface area contributed by atoms with Gasteiger partial charge in [0.25, 0.3) is 5.91 Å². The monoisotopic (exact) mass is 386 g/mol. The van der Waals surface area contributed by atoms with E-state index in [1.807, 2.05) is 60.7 Å². The van der Waals surface area contributed by atoms with Crippen molar-refractivity contribution in [3.63, 3.8) is 0 Å². The number of anilines is 2. The molecule has 2 aromatic carbocycles. The van der Waals surface area contributed by atoms with Crippen molar-refractivity contribution in [1.82, 2.24) is 0 Å². The molecule has 1 fully saturated rings. The molecule has 6 nitrogen and oxygen atoms in total. The van der Waals surface area contributed by atoms with Gasteiger partial charge >= 0.3 is 0 Å². The van der Waals surface area contributed by atoms with E-state index in [1.54, 1.807) is 4.90 Å². The molecule has 6 heteroatoms. The number of amides is 1. The second-order valence-corrected chi connectivity index (χ2v) is 7.40. The van der Waals surface area contributed by atoms with Crippen molar-refractivity contribution >= 4 is 17.3 Å². The number of para-hydroxylation sites is 2. The Labute approximate surface area is 166 Å². The van der Waals surface area contributed by atoms with E-state index in [9.17, 15) is 4.79 Å². The lowest BCUT2D eigenvalue weighted by molar-refractivity contribution is -0.127. The van der Waals surface area contributed by atoms with Gasteiger partial charge in [-0.25, -0.2) is 0 Å². The number of carbonyl (C=O) groups is 1. The number of ether oxygens (including phenoxy) is 1. The van der Waals surface area contributed by atoms with E-state index in [2.05, 4.69) is 0 Å². The maximum atomic E-state index is 12.8. The third-order valence-corrected chi connectivity index (χ3v) is 4.15. The van der Waals surface area contributed by atoms with E-state index >= 15 is 0 Å². The number of benzene rings is 2. The Kier molecular flexibility index (Phi) is 8.14. The molecule has 2 unspecified atom stereocenters. The normalized spacial score (nSPS) is 18.9. The van der Waals surface area contributed by atoms with Crippen LogP contribution in [0.5, 0.6) is 0 Å². The number of nitrogens with two attached hydrogens (primary N) is 1. The van der Waals surface area contributed by atoms with Crippen LogP contribution in [0.3, 0.4) is 0 Å². The molecule has 0 bridgehead atoms. The van der Waals surface area contributed by atoms with Crippen molar-refractivity contribution in [2.24, 2.45) is 5.73 Å². The summed E-state index contributed by atoms with van der Waals surface area (Å²) in [5.74, 6) is -1.57. The minimum absolute atomic E-state index is 0.0668. The summed E-state index contributed by atoms with van der Waals surface area (Å²) in [6, 6.07) is 19.5. The molecule has 1 amide bonds. The number of nitrogens with zero attached hydrogens (tertiary/aromatic N) is 1. The van der Waals surface area contributed by atoms with Crippen molar-refractivity contribution < 1.29 is 19.7 Å². The first kappa shape index (κ1) is 22.0. The molecule has 3 rings (SSSR count). The zero-order valence-corrected chi connectivity index (χ0v) is 16.5. The highest BCUT2D eigenvalue weighted by atomic mass is 16.5. The van der Waals surface area contributed by atoms with E-state index in [4.69, 9.17) is 20.7 Å². The van der Waals surface area contributed by atoms with Crippen molar-refractivity contribution in [1.29, 1.82) is 0 Å². The van der Waals surface area contributed by atoms with E-state index in [1.165, 1.54) is 13.8 Å². The fraction of sp³-hybridized carbons (Fsp3) is 0.409. The second kappa shape index (κ2) is 10.3. The Hall–Kier alpha value is -2.25. The van der Waals surface area contributed by atoms with Crippen LogP contribution in [0.4, 0.5) is 11.4 Å². The highest BCUT2D eigenvalue weighted by molar-refractivity contribution is 6.01. The average Bonchev–Trinajstić information content (AvgIpc) is 3.06. The molecule has 4 N–H and O–H groups in total. The van der Waals surface area contributed by atoms with Crippen LogP contribution in [0.15, 0.2) is 60.7 Å². The van der Waals surface area contributed by atoms with Crippen LogP contribution in [-0.4, -0.2) is 40.7 Å². The van der Waals surface area contributed by atoms with Crippen LogP contribution in [0.2, 0.25) is 0 Å². The van der Waals surface area contributed by atoms with Gasteiger partial charge in [0.2, 0.25) is 0 Å². The van der Waals surface area contributed by atoms with Crippen LogP contribution >= 0.6 is 0 Å². The lowest BCUT2D eigenvalue weighted by Gasteiger charge is -2.24. The van der Waals surface area contributed by atoms with Crippen LogP contribution in [0.1, 0.15) is 33.1 Å². The smallest absolute Gasteiger partial charge is 0.257 e. The highest BCUT2D eigenvalue weighted by Gasteiger charge is 2.25. The van der Waals surface area contributed by atoms with Gasteiger partial charge in [-0.15, -0.1) is 0 Å². The standard InChI is InChI=1S/C19H22N2O2.C3H8O2/c20-15-11-12-18(13-15)23-14-19(22)21(16-7-3-1-4-8-16)17-9-5-2-6-10-17;1-3(2,4)5/h1-10,15,18H,11-14,20H2;4-5H,1-2H3. The molecule has 0 heterocycles. The Morgan fingerprint density at radius 3 is 1.89 bits per heavy atom. The van der Waals surface area contributed by atoms with Gasteiger partial charge in [0.15, 0.2) is 5.79 Å². The van der Waals surface area contributed by atoms with E-state index in [0.717, 1.165) is 30.6 Å². The Balaban J connectivity index is 0.000000500. The topological polar surface area (TPSA) is 96.0 Å². The van der Waals surface area contributed by atoms with E-state index in [0.29, 0.717) is 0 Å². The molecule has 2 atom stereocenters. The van der Waals surface area contributed by atoms with Gasteiger partial charge in [0.1, 0.15) is 6.61 Å². The molecule has 0 radical (unpaired) electrons. The SMILES string of the molecule is CC(C)(O)O.NC1CCC(OCC(=O)N(c2ccccc2)c2ccccc2)C1. The summed E-state index contributed by atoms with van der Waals surface area (Å²) in [4.78, 5) is 14.5. The molecule has 0 aromatic heterocycles. The lowest BCUT2D eigenvalue weighted by atomic mass is 10.2. The van der Waals surface area contributed by atoms with Crippen molar-refractivity contribution in [2.45, 2.75) is 51.0 Å². The lowest BCUT2D eigenvalue weighted by Crippen LogP contribution is -2.31. The summed E-state index contributed by atoms with van der Waals surface area (Å²) in [5.41, 5.74) is 7.58. The largest absolute Gasteiger partial charge is 0.368 e. The fourth-order valence-corrected chi connectivity index (χ4v) is 2.97. The predicted molar refractivity (Wildman–Crippen MR) is 110 cm³/mol. The zero-order chi connectivity index (χ0) is 20.6. The first-order valence-electron chi connectivity index (χ1n) is 9.49. The van der Waals surface area contributed by atoms with Gasteiger partial charge in [-0.1, -0.05) is 36.4 Å². The first-order valence-corrected chi connectivity index (χ1v) is 9.49. The average molecular weight is 386 g/mol. The number of carbonyl (C=O) groups excluding carboxylic acids is 1. The molecule has 1 saturated carbocycles. The van der Waals surface area contributed by atoms with Gasteiger partial charge in [-0.2, -0.15) is 0 Å². The summed E-state index contributed by atoms with van der Waals surface area (Å²) in [6.45, 7) is 2.67. The Bertz CT molecular complexity index is 671. The minimum atomic E-state index is -1.50. The molecule has 152 valence electrons. The first-order chi connectivity index (χ1) is 13.2. The summed E-state index contributed by atoms with van der Waals surface area (Å²) in [6.07, 6.45) is 2.84. The molecular formula is C22H30N2O4. The number of hydrogen-bond acceptors (Lipinski definition) is 5. The van der Waals surface area contributed by atoms with Crippen LogP contribution in [0, 0.1) is 0 Å². The predicted octanol–water partition coefficient (Wildman–Crippen LogP) is 2.95. The van der Waals surface area contributed by atoms with Crippen LogP contribution < -0.4 is 10.6 Å². The van der Waals surface area contributed by atoms with Gasteiger partial charge in [0, 0.05) is 17.4 Å². The minimum Gasteiger partial charge on any atom is -0.368 e. The third-order valence-electron chi connectivity index (χ3n) is 4.15. The molecule has 0 spiro atoms. The summed E-state index contributed by atoms with van der Waals surface area (Å²) >= 11 is 0. The van der Waals surface area contributed by atoms with Gasteiger partial charge in [-0.05, 0) is 57.4 Å². The molecule has 2 aromatic rings. The quantitative estimate of drug-likeness (QED) is 0.687. The van der Waals surface area contributed by atoms with Crippen molar-refractivity contribution in [3.8, 4) is 0 Å². The maximum Gasteiger partial charge on any atom is 0.257 e. The molecule has 28 heavy (non-hydrogen) atoms. The molecule has 1 aliphatic carbocycles. The van der Waals surface area contributed by atoms with E-state index < -0.39 is 5.79 Å². The van der Waals surface area contributed by atoms with Crippen LogP contribution in [-0.2, 0) is 9.53 Å². The zero-order valence-electron chi connectivity index (χ0n) is 16.5. The number of rotatable bonds is 5. The Morgan fingerprint density at radius 2 is 1.50 bits per heavy atom. The molecule has 0 saturated heterocycles. The third kappa shape index (κ3) is 7.78. The molecule has 1 aliphatic rings. The summed E-state index contributed by atoms with van der Waals surface area (Å²) in [5, 5.41) is 16.2. The summed E-state index contributed by atoms with van der Waals surface area (Å²) < 4.78 is 5.79. The Morgan fingerprint density at radius 1 is 1.04 bits per heavy atom. The number of hydrogen-bond donors (Lipinski definition) is 3. The molecular weight excluding hydrogens is 356 g/mol. The highest BCUT2D eigenvalue weighted by Crippen LogP contribution is 2.26. The number of aliphatic hydroxyl groups is 2. The van der Waals surface area contributed by atoms with Crippen molar-refractivity contribution in [2.75, 3.05) is 11.5 Å². The molecule has 0 aliphatic heterocycles. The summed E-state index contributed by atoms with van der Waals surface area (Å²) in [7, 11) is 0. The van der Waals surface area contributed by atoms with Gasteiger partial charge in [0.05, 0.1) is 6.10 Å². The van der Waals surface area contributed by atoms with Crippen LogP contribution in [0.25, 0.3) is 0 Å². The van der Waals surface area contributed by atoms with Gasteiger partial charge < -0.3 is 20.7 Å². The van der Waals surface area contributed by atoms with Gasteiger partial charge in [-0.3, -0.25) is 9.69 Å². The maximum absolute atomic E-state index is 12.8. The fourth-order valence-electron chi connectivity index (χ4n) is 2.97. The van der Waals surface area contributed by atoms with Crippen molar-refractivity contribution in [3.05, 3.63) is 60.7 Å². The van der Waals surface area contributed by atoms with E-state index in [-0.39, 0.29) is 24.7 Å².